The van der Waals surface area contributed by atoms with Crippen LogP contribution in [0.3, 0.4) is 0 Å². The zero-order valence-corrected chi connectivity index (χ0v) is 10.9. The number of nitrogens with zero attached hydrogens (tertiary/aromatic N) is 1. The van der Waals surface area contributed by atoms with Gasteiger partial charge in [0.2, 0.25) is 0 Å². The standard InChI is InChI=1S/C14H28N2/c1-13-12-16(11-9-15-13)10-5-8-14-6-3-2-4-7-14/h13-15H,2-12H2,1H3/t13-/m1/s1. The van der Waals surface area contributed by atoms with Crippen molar-refractivity contribution in [1.29, 1.82) is 0 Å². The fourth-order valence-corrected chi connectivity index (χ4v) is 3.29. The average Bonchev–Trinajstić information content (AvgIpc) is 2.30. The van der Waals surface area contributed by atoms with E-state index in [9.17, 15) is 0 Å². The van der Waals surface area contributed by atoms with Crippen LogP contribution in [0, 0.1) is 5.92 Å². The van der Waals surface area contributed by atoms with Crippen molar-refractivity contribution in [3.05, 3.63) is 0 Å². The molecule has 1 aliphatic carbocycles. The minimum atomic E-state index is 0.698. The fraction of sp³-hybridized carbons (Fsp3) is 1.00. The van der Waals surface area contributed by atoms with E-state index in [0.29, 0.717) is 6.04 Å². The van der Waals surface area contributed by atoms with Crippen LogP contribution in [-0.4, -0.2) is 37.1 Å². The van der Waals surface area contributed by atoms with Crippen LogP contribution in [-0.2, 0) is 0 Å². The van der Waals surface area contributed by atoms with Gasteiger partial charge in [0.1, 0.15) is 0 Å². The third-order valence-corrected chi connectivity index (χ3v) is 4.26. The van der Waals surface area contributed by atoms with Crippen LogP contribution in [0.2, 0.25) is 0 Å². The van der Waals surface area contributed by atoms with E-state index in [0.717, 1.165) is 5.92 Å². The first-order chi connectivity index (χ1) is 7.84. The molecule has 0 aromatic carbocycles. The van der Waals surface area contributed by atoms with E-state index in [1.165, 1.54) is 71.1 Å². The topological polar surface area (TPSA) is 15.3 Å². The van der Waals surface area contributed by atoms with Gasteiger partial charge in [0.05, 0.1) is 0 Å². The molecule has 2 aliphatic rings. The summed E-state index contributed by atoms with van der Waals surface area (Å²) in [6, 6.07) is 0.698. The van der Waals surface area contributed by atoms with E-state index in [-0.39, 0.29) is 0 Å². The van der Waals surface area contributed by atoms with Crippen molar-refractivity contribution in [2.45, 2.75) is 57.9 Å². The third-order valence-electron chi connectivity index (χ3n) is 4.26. The Morgan fingerprint density at radius 1 is 1.19 bits per heavy atom. The molecular formula is C14H28N2. The molecule has 16 heavy (non-hydrogen) atoms. The molecule has 2 nitrogen and oxygen atoms in total. The summed E-state index contributed by atoms with van der Waals surface area (Å²) in [5, 5.41) is 3.51. The number of hydrogen-bond acceptors (Lipinski definition) is 2. The highest BCUT2D eigenvalue weighted by atomic mass is 15.2. The Morgan fingerprint density at radius 3 is 2.75 bits per heavy atom. The second kappa shape index (κ2) is 6.61. The molecule has 0 spiro atoms. The molecule has 1 N–H and O–H groups in total. The lowest BCUT2D eigenvalue weighted by atomic mass is 9.86. The van der Waals surface area contributed by atoms with E-state index < -0.39 is 0 Å². The van der Waals surface area contributed by atoms with E-state index >= 15 is 0 Å². The fourth-order valence-electron chi connectivity index (χ4n) is 3.29. The second-order valence-electron chi connectivity index (χ2n) is 5.80. The minimum Gasteiger partial charge on any atom is -0.312 e. The molecule has 94 valence electrons. The van der Waals surface area contributed by atoms with Crippen molar-refractivity contribution in [3.8, 4) is 0 Å². The van der Waals surface area contributed by atoms with Crippen molar-refractivity contribution in [2.75, 3.05) is 26.2 Å². The molecule has 2 rings (SSSR count). The van der Waals surface area contributed by atoms with Crippen LogP contribution in [0.15, 0.2) is 0 Å². The predicted molar refractivity (Wildman–Crippen MR) is 69.7 cm³/mol. The maximum Gasteiger partial charge on any atom is 0.0167 e. The predicted octanol–water partition coefficient (Wildman–Crippen LogP) is 2.64. The smallest absolute Gasteiger partial charge is 0.0167 e. The van der Waals surface area contributed by atoms with Crippen molar-refractivity contribution >= 4 is 0 Å². The Morgan fingerprint density at radius 2 is 2.00 bits per heavy atom. The van der Waals surface area contributed by atoms with Gasteiger partial charge in [-0.05, 0) is 32.2 Å². The first-order valence-corrected chi connectivity index (χ1v) is 7.30. The number of rotatable bonds is 4. The molecule has 1 heterocycles. The number of piperazine rings is 1. The normalized spacial score (nSPS) is 29.4. The lowest BCUT2D eigenvalue weighted by Crippen LogP contribution is -2.49. The van der Waals surface area contributed by atoms with Gasteiger partial charge in [0.15, 0.2) is 0 Å². The maximum absolute atomic E-state index is 3.51. The molecule has 1 atom stereocenters. The molecule has 1 saturated heterocycles. The van der Waals surface area contributed by atoms with Crippen molar-refractivity contribution in [1.82, 2.24) is 10.2 Å². The van der Waals surface area contributed by atoms with Crippen molar-refractivity contribution in [3.63, 3.8) is 0 Å². The van der Waals surface area contributed by atoms with Crippen LogP contribution in [0.1, 0.15) is 51.9 Å². The largest absolute Gasteiger partial charge is 0.312 e. The van der Waals surface area contributed by atoms with Crippen LogP contribution in [0.4, 0.5) is 0 Å². The van der Waals surface area contributed by atoms with Crippen molar-refractivity contribution in [2.24, 2.45) is 5.92 Å². The molecule has 0 bridgehead atoms. The second-order valence-corrected chi connectivity index (χ2v) is 5.80. The van der Waals surface area contributed by atoms with E-state index in [2.05, 4.69) is 17.1 Å². The van der Waals surface area contributed by atoms with Gasteiger partial charge in [0.25, 0.3) is 0 Å². The molecule has 1 saturated carbocycles. The van der Waals surface area contributed by atoms with Gasteiger partial charge >= 0.3 is 0 Å². The average molecular weight is 224 g/mol. The van der Waals surface area contributed by atoms with Gasteiger partial charge in [0, 0.05) is 25.7 Å². The van der Waals surface area contributed by atoms with Crippen molar-refractivity contribution < 1.29 is 0 Å². The quantitative estimate of drug-likeness (QED) is 0.790. The Bertz CT molecular complexity index is 187. The molecule has 2 fully saturated rings. The maximum atomic E-state index is 3.51. The Balaban J connectivity index is 1.56. The van der Waals surface area contributed by atoms with E-state index in [1.807, 2.05) is 0 Å². The van der Waals surface area contributed by atoms with Crippen LogP contribution in [0.5, 0.6) is 0 Å². The van der Waals surface area contributed by atoms with Gasteiger partial charge in [-0.15, -0.1) is 0 Å². The van der Waals surface area contributed by atoms with Gasteiger partial charge in [-0.2, -0.15) is 0 Å². The number of nitrogens with one attached hydrogen (secondary N) is 1. The van der Waals surface area contributed by atoms with Crippen LogP contribution >= 0.6 is 0 Å². The SMILES string of the molecule is C[C@@H]1CN(CCCC2CCCCC2)CCN1. The van der Waals surface area contributed by atoms with E-state index in [4.69, 9.17) is 0 Å². The highest BCUT2D eigenvalue weighted by Crippen LogP contribution is 2.27. The lowest BCUT2D eigenvalue weighted by molar-refractivity contribution is 0.196. The Hall–Kier alpha value is -0.0800. The summed E-state index contributed by atoms with van der Waals surface area (Å²) in [5.74, 6) is 1.06. The Kier molecular flexibility index (Phi) is 5.11. The number of hydrogen-bond donors (Lipinski definition) is 1. The first kappa shape index (κ1) is 12.4. The molecule has 0 unspecified atom stereocenters. The molecule has 2 heteroatoms. The van der Waals surface area contributed by atoms with Gasteiger partial charge in [-0.3, -0.25) is 0 Å². The molecule has 0 radical (unpaired) electrons. The van der Waals surface area contributed by atoms with Gasteiger partial charge < -0.3 is 10.2 Å². The molecule has 1 aliphatic heterocycles. The summed E-state index contributed by atoms with van der Waals surface area (Å²) >= 11 is 0. The molecule has 0 amide bonds. The lowest BCUT2D eigenvalue weighted by Gasteiger charge is -2.32. The third kappa shape index (κ3) is 4.06. The van der Waals surface area contributed by atoms with Gasteiger partial charge in [-0.1, -0.05) is 32.1 Å². The summed E-state index contributed by atoms with van der Waals surface area (Å²) in [4.78, 5) is 2.64. The summed E-state index contributed by atoms with van der Waals surface area (Å²) in [6.45, 7) is 7.33. The van der Waals surface area contributed by atoms with Crippen LogP contribution in [0.25, 0.3) is 0 Å². The zero-order chi connectivity index (χ0) is 11.2. The first-order valence-electron chi connectivity index (χ1n) is 7.30. The summed E-state index contributed by atoms with van der Waals surface area (Å²) in [7, 11) is 0. The summed E-state index contributed by atoms with van der Waals surface area (Å²) in [5.41, 5.74) is 0. The van der Waals surface area contributed by atoms with E-state index in [1.54, 1.807) is 0 Å². The molecule has 0 aromatic heterocycles. The summed E-state index contributed by atoms with van der Waals surface area (Å²) in [6.07, 6.45) is 10.4. The highest BCUT2D eigenvalue weighted by Gasteiger charge is 2.16. The minimum absolute atomic E-state index is 0.698. The summed E-state index contributed by atoms with van der Waals surface area (Å²) < 4.78 is 0. The molecule has 0 aromatic rings. The zero-order valence-electron chi connectivity index (χ0n) is 10.9. The molecular weight excluding hydrogens is 196 g/mol. The van der Waals surface area contributed by atoms with Crippen LogP contribution < -0.4 is 5.32 Å². The Labute approximate surface area is 101 Å². The van der Waals surface area contributed by atoms with Gasteiger partial charge in [-0.25, -0.2) is 0 Å². The monoisotopic (exact) mass is 224 g/mol. The highest BCUT2D eigenvalue weighted by molar-refractivity contribution is 4.75.